The monoisotopic (exact) mass is 380 g/mol. The van der Waals surface area contributed by atoms with Crippen molar-refractivity contribution >= 4 is 17.3 Å². The molecule has 0 spiro atoms. The van der Waals surface area contributed by atoms with Crippen LogP contribution in [0.4, 0.5) is 11.4 Å². The SMILES string of the molecule is Cc1ccccc1C(=O)Nc1ccc2c(c1)C1C=CCC1C(c1ccccc1)N2. The van der Waals surface area contributed by atoms with E-state index in [9.17, 15) is 4.79 Å². The number of carbonyl (C=O) groups is 1. The molecule has 2 N–H and O–H groups in total. The molecule has 29 heavy (non-hydrogen) atoms. The minimum absolute atomic E-state index is 0.0625. The summed E-state index contributed by atoms with van der Waals surface area (Å²) in [7, 11) is 0. The zero-order chi connectivity index (χ0) is 19.8. The number of benzene rings is 3. The van der Waals surface area contributed by atoms with E-state index in [0.717, 1.165) is 23.4 Å². The van der Waals surface area contributed by atoms with Gasteiger partial charge in [-0.3, -0.25) is 4.79 Å². The summed E-state index contributed by atoms with van der Waals surface area (Å²) >= 11 is 0. The van der Waals surface area contributed by atoms with Gasteiger partial charge in [-0.05, 0) is 60.2 Å². The molecule has 3 nitrogen and oxygen atoms in total. The van der Waals surface area contributed by atoms with Gasteiger partial charge in [-0.15, -0.1) is 0 Å². The first-order valence-electron chi connectivity index (χ1n) is 10.2. The molecule has 0 bridgehead atoms. The molecule has 5 rings (SSSR count). The van der Waals surface area contributed by atoms with E-state index in [1.165, 1.54) is 11.1 Å². The molecule has 0 fully saturated rings. The number of hydrogen-bond donors (Lipinski definition) is 2. The predicted molar refractivity (Wildman–Crippen MR) is 118 cm³/mol. The van der Waals surface area contributed by atoms with Crippen molar-refractivity contribution in [1.82, 2.24) is 0 Å². The molecule has 0 aromatic heterocycles. The molecule has 3 aromatic carbocycles. The van der Waals surface area contributed by atoms with Gasteiger partial charge in [-0.1, -0.05) is 60.7 Å². The number of nitrogens with one attached hydrogen (secondary N) is 2. The van der Waals surface area contributed by atoms with Crippen molar-refractivity contribution in [3.05, 3.63) is 107 Å². The summed E-state index contributed by atoms with van der Waals surface area (Å²) in [5, 5.41) is 6.83. The molecule has 1 aliphatic heterocycles. The largest absolute Gasteiger partial charge is 0.378 e. The number of amides is 1. The second-order valence-electron chi connectivity index (χ2n) is 7.96. The lowest BCUT2D eigenvalue weighted by atomic mass is 9.77. The smallest absolute Gasteiger partial charge is 0.255 e. The average molecular weight is 380 g/mol. The Bertz CT molecular complexity index is 1090. The fourth-order valence-corrected chi connectivity index (χ4v) is 4.69. The van der Waals surface area contributed by atoms with Crippen LogP contribution in [-0.4, -0.2) is 5.91 Å². The third kappa shape index (κ3) is 3.23. The second kappa shape index (κ2) is 7.25. The van der Waals surface area contributed by atoms with Crippen molar-refractivity contribution in [2.24, 2.45) is 5.92 Å². The van der Waals surface area contributed by atoms with Crippen LogP contribution >= 0.6 is 0 Å². The van der Waals surface area contributed by atoms with E-state index in [2.05, 4.69) is 65.3 Å². The maximum absolute atomic E-state index is 12.7. The Labute approximate surface area is 171 Å². The van der Waals surface area contributed by atoms with Crippen LogP contribution in [0.25, 0.3) is 0 Å². The van der Waals surface area contributed by atoms with Gasteiger partial charge < -0.3 is 10.6 Å². The van der Waals surface area contributed by atoms with Crippen LogP contribution < -0.4 is 10.6 Å². The molecular weight excluding hydrogens is 356 g/mol. The van der Waals surface area contributed by atoms with E-state index >= 15 is 0 Å². The van der Waals surface area contributed by atoms with E-state index in [0.29, 0.717) is 23.4 Å². The van der Waals surface area contributed by atoms with Crippen LogP contribution in [0.1, 0.15) is 45.4 Å². The highest BCUT2D eigenvalue weighted by Crippen LogP contribution is 2.50. The molecule has 144 valence electrons. The zero-order valence-corrected chi connectivity index (χ0v) is 16.4. The second-order valence-corrected chi connectivity index (χ2v) is 7.96. The standard InChI is InChI=1S/C26H24N2O/c1-17-8-5-6-11-20(17)26(29)27-19-14-15-24-23(16-19)21-12-7-13-22(21)25(28-24)18-9-3-2-4-10-18/h2-12,14-16,21-22,25,28H,13H2,1H3,(H,27,29). The van der Waals surface area contributed by atoms with Crippen LogP contribution in [0.2, 0.25) is 0 Å². The maximum atomic E-state index is 12.7. The summed E-state index contributed by atoms with van der Waals surface area (Å²) in [6, 6.07) is 24.9. The van der Waals surface area contributed by atoms with Crippen molar-refractivity contribution in [3.63, 3.8) is 0 Å². The number of anilines is 2. The molecule has 0 radical (unpaired) electrons. The summed E-state index contributed by atoms with van der Waals surface area (Å²) in [4.78, 5) is 12.7. The third-order valence-electron chi connectivity index (χ3n) is 6.17. The lowest BCUT2D eigenvalue weighted by Crippen LogP contribution is -2.29. The van der Waals surface area contributed by atoms with Gasteiger partial charge in [-0.2, -0.15) is 0 Å². The van der Waals surface area contributed by atoms with Crippen molar-refractivity contribution in [2.75, 3.05) is 10.6 Å². The summed E-state index contributed by atoms with van der Waals surface area (Å²) in [6.07, 6.45) is 5.68. The molecule has 0 saturated carbocycles. The number of carbonyl (C=O) groups excluding carboxylic acids is 1. The highest BCUT2D eigenvalue weighted by atomic mass is 16.1. The van der Waals surface area contributed by atoms with Gasteiger partial charge in [0.05, 0.1) is 6.04 Å². The highest BCUT2D eigenvalue weighted by molar-refractivity contribution is 6.05. The Balaban J connectivity index is 1.45. The van der Waals surface area contributed by atoms with E-state index < -0.39 is 0 Å². The Morgan fingerprint density at radius 1 is 1.00 bits per heavy atom. The van der Waals surface area contributed by atoms with E-state index in [-0.39, 0.29) is 5.91 Å². The zero-order valence-electron chi connectivity index (χ0n) is 16.4. The van der Waals surface area contributed by atoms with Crippen LogP contribution in [0.5, 0.6) is 0 Å². The fourth-order valence-electron chi connectivity index (χ4n) is 4.69. The molecule has 0 saturated heterocycles. The number of aryl methyl sites for hydroxylation is 1. The van der Waals surface area contributed by atoms with Crippen molar-refractivity contribution < 1.29 is 4.79 Å². The molecule has 1 amide bonds. The van der Waals surface area contributed by atoms with Crippen LogP contribution in [0.15, 0.2) is 84.9 Å². The molecule has 3 heteroatoms. The van der Waals surface area contributed by atoms with E-state index in [4.69, 9.17) is 0 Å². The Morgan fingerprint density at radius 3 is 2.62 bits per heavy atom. The number of hydrogen-bond acceptors (Lipinski definition) is 2. The molecule has 2 aliphatic rings. The predicted octanol–water partition coefficient (Wildman–Crippen LogP) is 6.07. The van der Waals surface area contributed by atoms with Gasteiger partial charge in [0.1, 0.15) is 0 Å². The molecule has 3 unspecified atom stereocenters. The maximum Gasteiger partial charge on any atom is 0.255 e. The first kappa shape index (κ1) is 17.7. The first-order chi connectivity index (χ1) is 14.2. The van der Waals surface area contributed by atoms with Crippen molar-refractivity contribution in [2.45, 2.75) is 25.3 Å². The number of allylic oxidation sites excluding steroid dienone is 2. The van der Waals surface area contributed by atoms with Gasteiger partial charge in [0.2, 0.25) is 0 Å². The lowest BCUT2D eigenvalue weighted by Gasteiger charge is -2.37. The minimum atomic E-state index is -0.0625. The van der Waals surface area contributed by atoms with E-state index in [1.54, 1.807) is 0 Å². The molecule has 1 heterocycles. The van der Waals surface area contributed by atoms with Gasteiger partial charge in [0.15, 0.2) is 0 Å². The Kier molecular flexibility index (Phi) is 4.44. The Morgan fingerprint density at radius 2 is 1.79 bits per heavy atom. The quantitative estimate of drug-likeness (QED) is 0.541. The van der Waals surface area contributed by atoms with Gasteiger partial charge in [0, 0.05) is 22.9 Å². The van der Waals surface area contributed by atoms with E-state index in [1.807, 2.05) is 37.3 Å². The van der Waals surface area contributed by atoms with Crippen LogP contribution in [0, 0.1) is 12.8 Å². The average Bonchev–Trinajstić information content (AvgIpc) is 3.24. The van der Waals surface area contributed by atoms with Crippen molar-refractivity contribution in [1.29, 1.82) is 0 Å². The molecule has 3 aromatic rings. The number of fused-ring (bicyclic) bond motifs is 3. The molecule has 1 aliphatic carbocycles. The van der Waals surface area contributed by atoms with Gasteiger partial charge in [0.25, 0.3) is 5.91 Å². The summed E-state index contributed by atoms with van der Waals surface area (Å²) in [5.74, 6) is 0.798. The normalized spacial score (nSPS) is 21.8. The molecular formula is C26H24N2O. The molecule has 3 atom stereocenters. The summed E-state index contributed by atoms with van der Waals surface area (Å²) in [5.41, 5.74) is 6.28. The van der Waals surface area contributed by atoms with Gasteiger partial charge in [-0.25, -0.2) is 0 Å². The highest BCUT2D eigenvalue weighted by Gasteiger charge is 2.37. The van der Waals surface area contributed by atoms with Crippen LogP contribution in [-0.2, 0) is 0 Å². The summed E-state index contributed by atoms with van der Waals surface area (Å²) < 4.78 is 0. The number of rotatable bonds is 3. The first-order valence-corrected chi connectivity index (χ1v) is 10.2. The van der Waals surface area contributed by atoms with Gasteiger partial charge >= 0.3 is 0 Å². The fraction of sp³-hybridized carbons (Fsp3) is 0.192. The topological polar surface area (TPSA) is 41.1 Å². The van der Waals surface area contributed by atoms with Crippen molar-refractivity contribution in [3.8, 4) is 0 Å². The van der Waals surface area contributed by atoms with Crippen LogP contribution in [0.3, 0.4) is 0 Å². The Hall–Kier alpha value is -3.33. The minimum Gasteiger partial charge on any atom is -0.378 e. The third-order valence-corrected chi connectivity index (χ3v) is 6.17. The lowest BCUT2D eigenvalue weighted by molar-refractivity contribution is 0.102. The summed E-state index contributed by atoms with van der Waals surface area (Å²) in [6.45, 7) is 1.96.